The van der Waals surface area contributed by atoms with Gasteiger partial charge < -0.3 is 0 Å². The Morgan fingerprint density at radius 2 is 0.765 bits per heavy atom. The van der Waals surface area contributed by atoms with Gasteiger partial charge in [0.15, 0.2) is 0 Å². The molecule has 0 radical (unpaired) electrons. The van der Waals surface area contributed by atoms with E-state index in [1.807, 2.05) is 55.0 Å². The minimum absolute atomic E-state index is 0.616. The van der Waals surface area contributed by atoms with Crippen molar-refractivity contribution < 1.29 is 0 Å². The second-order valence-electron chi connectivity index (χ2n) is 7.23. The van der Waals surface area contributed by atoms with Crippen LogP contribution in [0.25, 0.3) is 0 Å². The lowest BCUT2D eigenvalue weighted by Crippen LogP contribution is -1.93. The standard InChI is InChI=1S/C27H21N6P/c28-13-22-1-7-25(8-2-22)16-31-19-34(20-32-17-26-9-3-23(14-29)4-10-26)21-33-18-27-11-5-24(15-30)6-12-27/h1-12,16-18H,19-21H2/b31-16-,32-17+,33-18+. The molecule has 0 amide bonds. The Balaban J connectivity index is 1.64. The van der Waals surface area contributed by atoms with Crippen molar-refractivity contribution in [3.8, 4) is 18.2 Å². The second-order valence-corrected chi connectivity index (χ2v) is 9.42. The summed E-state index contributed by atoms with van der Waals surface area (Å²) in [6.45, 7) is 0. The van der Waals surface area contributed by atoms with E-state index in [1.165, 1.54) is 0 Å². The Labute approximate surface area is 200 Å². The summed E-state index contributed by atoms with van der Waals surface area (Å²) >= 11 is 0. The van der Waals surface area contributed by atoms with Crippen LogP contribution in [0.3, 0.4) is 0 Å². The molecule has 164 valence electrons. The smallest absolute Gasteiger partial charge is 0.0991 e. The number of nitriles is 3. The van der Waals surface area contributed by atoms with Crippen LogP contribution < -0.4 is 0 Å². The van der Waals surface area contributed by atoms with Crippen LogP contribution in [0, 0.1) is 34.0 Å². The molecule has 3 aromatic carbocycles. The molecule has 3 aromatic rings. The molecule has 7 heteroatoms. The molecule has 0 aliphatic rings. The van der Waals surface area contributed by atoms with E-state index in [2.05, 4.69) is 33.2 Å². The number of benzene rings is 3. The van der Waals surface area contributed by atoms with Crippen LogP contribution >= 0.6 is 7.92 Å². The lowest BCUT2D eigenvalue weighted by atomic mass is 10.2. The van der Waals surface area contributed by atoms with Crippen LogP contribution in [-0.2, 0) is 0 Å². The van der Waals surface area contributed by atoms with E-state index in [9.17, 15) is 0 Å². The van der Waals surface area contributed by atoms with Crippen molar-refractivity contribution in [1.82, 2.24) is 0 Å². The Morgan fingerprint density at radius 3 is 1.00 bits per heavy atom. The summed E-state index contributed by atoms with van der Waals surface area (Å²) in [5, 5.41) is 26.8. The van der Waals surface area contributed by atoms with Crippen molar-refractivity contribution in [2.45, 2.75) is 0 Å². The molecule has 34 heavy (non-hydrogen) atoms. The lowest BCUT2D eigenvalue weighted by Gasteiger charge is -2.10. The van der Waals surface area contributed by atoms with E-state index < -0.39 is 7.92 Å². The molecular weight excluding hydrogens is 439 g/mol. The molecule has 0 saturated carbocycles. The Kier molecular flexibility index (Phi) is 9.40. The summed E-state index contributed by atoms with van der Waals surface area (Å²) in [5.41, 5.74) is 4.68. The SMILES string of the molecule is N#Cc1ccc(/C=N\CP(C/N=C/c2ccc(C#N)cc2)C/N=C/c2ccc(C#N)cc2)cc1. The quantitative estimate of drug-likeness (QED) is 0.319. The first-order valence-electron chi connectivity index (χ1n) is 10.4. The van der Waals surface area contributed by atoms with Crippen molar-refractivity contribution in [1.29, 1.82) is 15.8 Å². The lowest BCUT2D eigenvalue weighted by molar-refractivity contribution is 1.25. The first-order valence-corrected chi connectivity index (χ1v) is 12.3. The van der Waals surface area contributed by atoms with Gasteiger partial charge in [-0.2, -0.15) is 15.8 Å². The Hall–Kier alpha value is -4.43. The number of hydrogen-bond donors (Lipinski definition) is 0. The first-order chi connectivity index (χ1) is 16.7. The highest BCUT2D eigenvalue weighted by atomic mass is 31.1. The van der Waals surface area contributed by atoms with Crippen LogP contribution in [0.1, 0.15) is 33.4 Å². The molecule has 0 heterocycles. The van der Waals surface area contributed by atoms with Gasteiger partial charge in [-0.15, -0.1) is 0 Å². The summed E-state index contributed by atoms with van der Waals surface area (Å²) in [7, 11) is -0.628. The first kappa shape index (κ1) is 24.2. The zero-order valence-electron chi connectivity index (χ0n) is 18.4. The normalized spacial score (nSPS) is 11.1. The van der Waals surface area contributed by atoms with Crippen molar-refractivity contribution in [2.75, 3.05) is 18.9 Å². The van der Waals surface area contributed by atoms with E-state index in [-0.39, 0.29) is 0 Å². The van der Waals surface area contributed by atoms with Crippen LogP contribution in [0.4, 0.5) is 0 Å². The average Bonchev–Trinajstić information content (AvgIpc) is 2.89. The highest BCUT2D eigenvalue weighted by molar-refractivity contribution is 7.57. The fraction of sp³-hybridized carbons (Fsp3) is 0.111. The summed E-state index contributed by atoms with van der Waals surface area (Å²) in [5.74, 6) is 0. The topological polar surface area (TPSA) is 108 Å². The van der Waals surface area contributed by atoms with E-state index in [0.717, 1.165) is 16.7 Å². The Morgan fingerprint density at radius 1 is 0.500 bits per heavy atom. The fourth-order valence-electron chi connectivity index (χ4n) is 2.85. The molecule has 0 spiro atoms. The molecule has 0 bridgehead atoms. The highest BCUT2D eigenvalue weighted by Gasteiger charge is 2.05. The molecule has 0 saturated heterocycles. The third-order valence-corrected chi connectivity index (χ3v) is 6.38. The number of aliphatic imine (C=N–C) groups is 3. The van der Waals surface area contributed by atoms with E-state index in [0.29, 0.717) is 35.5 Å². The summed E-state index contributed by atoms with van der Waals surface area (Å²) in [6.07, 6.45) is 7.28. The number of rotatable bonds is 9. The third-order valence-electron chi connectivity index (χ3n) is 4.69. The van der Waals surface area contributed by atoms with Crippen molar-refractivity contribution in [3.63, 3.8) is 0 Å². The minimum Gasteiger partial charge on any atom is -0.288 e. The van der Waals surface area contributed by atoms with Crippen LogP contribution in [0.2, 0.25) is 0 Å². The maximum Gasteiger partial charge on any atom is 0.0991 e. The average molecular weight is 460 g/mol. The minimum atomic E-state index is -0.628. The van der Waals surface area contributed by atoms with Crippen molar-refractivity contribution in [2.24, 2.45) is 15.0 Å². The van der Waals surface area contributed by atoms with Gasteiger partial charge in [-0.1, -0.05) is 36.4 Å². The van der Waals surface area contributed by atoms with Crippen LogP contribution in [0.15, 0.2) is 87.8 Å². The van der Waals surface area contributed by atoms with Gasteiger partial charge in [0.25, 0.3) is 0 Å². The Bertz CT molecular complexity index is 1120. The number of nitrogens with zero attached hydrogens (tertiary/aromatic N) is 6. The summed E-state index contributed by atoms with van der Waals surface area (Å²) in [6, 6.07) is 28.2. The van der Waals surface area contributed by atoms with E-state index in [1.54, 1.807) is 36.4 Å². The van der Waals surface area contributed by atoms with E-state index >= 15 is 0 Å². The van der Waals surface area contributed by atoms with Gasteiger partial charge in [0.1, 0.15) is 0 Å². The summed E-state index contributed by atoms with van der Waals surface area (Å²) in [4.78, 5) is 13.8. The van der Waals surface area contributed by atoms with Gasteiger partial charge in [-0.3, -0.25) is 15.0 Å². The van der Waals surface area contributed by atoms with Gasteiger partial charge in [-0.05, 0) is 61.0 Å². The van der Waals surface area contributed by atoms with Gasteiger partial charge >= 0.3 is 0 Å². The molecule has 0 N–H and O–H groups in total. The van der Waals surface area contributed by atoms with E-state index in [4.69, 9.17) is 15.8 Å². The van der Waals surface area contributed by atoms with Crippen LogP contribution in [0.5, 0.6) is 0 Å². The second kappa shape index (κ2) is 13.2. The molecule has 6 nitrogen and oxygen atoms in total. The third kappa shape index (κ3) is 7.92. The molecule has 0 aliphatic carbocycles. The molecule has 0 fully saturated rings. The monoisotopic (exact) mass is 460 g/mol. The van der Waals surface area contributed by atoms with Gasteiger partial charge in [0.05, 0.1) is 53.8 Å². The zero-order chi connectivity index (χ0) is 24.0. The van der Waals surface area contributed by atoms with Crippen molar-refractivity contribution in [3.05, 3.63) is 106 Å². The molecule has 0 unspecified atom stereocenters. The van der Waals surface area contributed by atoms with Crippen LogP contribution in [-0.4, -0.2) is 37.5 Å². The largest absolute Gasteiger partial charge is 0.288 e. The molecule has 0 aliphatic heterocycles. The maximum atomic E-state index is 8.92. The summed E-state index contributed by atoms with van der Waals surface area (Å²) < 4.78 is 0. The van der Waals surface area contributed by atoms with Crippen molar-refractivity contribution >= 4 is 26.6 Å². The predicted octanol–water partition coefficient (Wildman–Crippen LogP) is 5.31. The predicted molar refractivity (Wildman–Crippen MR) is 138 cm³/mol. The molecule has 0 aromatic heterocycles. The maximum absolute atomic E-state index is 8.92. The zero-order valence-corrected chi connectivity index (χ0v) is 19.3. The van der Waals surface area contributed by atoms with Gasteiger partial charge in [-0.25, -0.2) is 0 Å². The van der Waals surface area contributed by atoms with Gasteiger partial charge in [0, 0.05) is 18.6 Å². The molecular formula is C27H21N6P. The van der Waals surface area contributed by atoms with Gasteiger partial charge in [0.2, 0.25) is 0 Å². The number of hydrogen-bond acceptors (Lipinski definition) is 6. The highest BCUT2D eigenvalue weighted by Crippen LogP contribution is 2.35. The molecule has 3 rings (SSSR count). The fourth-order valence-corrected chi connectivity index (χ4v) is 4.06. The molecule has 0 atom stereocenters.